The van der Waals surface area contributed by atoms with Crippen molar-refractivity contribution in [3.05, 3.63) is 58.1 Å². The second-order valence-electron chi connectivity index (χ2n) is 6.85. The number of piperazine rings is 1. The number of hydrogen-bond donors (Lipinski definition) is 3. The molecule has 1 heterocycles. The number of ether oxygens (including phenoxy) is 1. The van der Waals surface area contributed by atoms with E-state index in [1.54, 1.807) is 30.2 Å². The average Bonchev–Trinajstić information content (AvgIpc) is 2.67. The highest BCUT2D eigenvalue weighted by molar-refractivity contribution is 6.39. The SMILES string of the molecule is COc1ccc(C[NH+]2CC[NH+](CC(=O)Nc3c(Cl)cccc3Cl)CC2)cc1. The Hall–Kier alpha value is -1.79. The maximum absolute atomic E-state index is 12.4. The average molecular weight is 410 g/mol. The maximum atomic E-state index is 12.4. The first-order chi connectivity index (χ1) is 13.0. The number of amides is 1. The summed E-state index contributed by atoms with van der Waals surface area (Å²) < 4.78 is 5.20. The smallest absolute Gasteiger partial charge is 0.279 e. The van der Waals surface area contributed by atoms with Crippen LogP contribution < -0.4 is 19.9 Å². The molecule has 2 aromatic carbocycles. The number of halogens is 2. The van der Waals surface area contributed by atoms with Gasteiger partial charge in [-0.05, 0) is 36.4 Å². The van der Waals surface area contributed by atoms with Crippen LogP contribution in [-0.4, -0.2) is 45.7 Å². The van der Waals surface area contributed by atoms with Gasteiger partial charge in [-0.15, -0.1) is 0 Å². The Morgan fingerprint density at radius 3 is 2.19 bits per heavy atom. The maximum Gasteiger partial charge on any atom is 0.279 e. The van der Waals surface area contributed by atoms with Crippen molar-refractivity contribution in [2.75, 3.05) is 45.2 Å². The van der Waals surface area contributed by atoms with Crippen LogP contribution in [0.4, 0.5) is 5.69 Å². The van der Waals surface area contributed by atoms with Crippen molar-refractivity contribution >= 4 is 34.8 Å². The molecule has 27 heavy (non-hydrogen) atoms. The zero-order chi connectivity index (χ0) is 19.2. The van der Waals surface area contributed by atoms with Gasteiger partial charge in [0.1, 0.15) is 38.5 Å². The number of methoxy groups -OCH3 is 1. The number of hydrogen-bond acceptors (Lipinski definition) is 2. The first kappa shape index (κ1) is 20.0. The molecule has 3 N–H and O–H groups in total. The minimum absolute atomic E-state index is 0.0568. The van der Waals surface area contributed by atoms with Crippen LogP contribution in [0.5, 0.6) is 5.75 Å². The van der Waals surface area contributed by atoms with Gasteiger partial charge >= 0.3 is 0 Å². The normalized spacial score (nSPS) is 19.5. The molecule has 5 nitrogen and oxygen atoms in total. The highest BCUT2D eigenvalue weighted by Crippen LogP contribution is 2.29. The van der Waals surface area contributed by atoms with Gasteiger partial charge in [0.2, 0.25) is 0 Å². The molecule has 1 aliphatic heterocycles. The van der Waals surface area contributed by atoms with Gasteiger partial charge in [-0.25, -0.2) is 0 Å². The third kappa shape index (κ3) is 5.59. The minimum Gasteiger partial charge on any atom is -0.497 e. The quantitative estimate of drug-likeness (QED) is 0.664. The Morgan fingerprint density at radius 1 is 1.00 bits per heavy atom. The highest BCUT2D eigenvalue weighted by Gasteiger charge is 2.25. The summed E-state index contributed by atoms with van der Waals surface area (Å²) in [7, 11) is 1.68. The van der Waals surface area contributed by atoms with Gasteiger partial charge in [-0.3, -0.25) is 4.79 Å². The van der Waals surface area contributed by atoms with Crippen molar-refractivity contribution in [1.29, 1.82) is 0 Å². The predicted molar refractivity (Wildman–Crippen MR) is 108 cm³/mol. The fraction of sp³-hybridized carbons (Fsp3) is 0.350. The summed E-state index contributed by atoms with van der Waals surface area (Å²) in [5.74, 6) is 0.825. The third-order valence-corrected chi connectivity index (χ3v) is 5.55. The summed E-state index contributed by atoms with van der Waals surface area (Å²) in [6.07, 6.45) is 0. The standard InChI is InChI=1S/C20H23Cl2N3O2/c1-27-16-7-5-15(6-8-16)13-24-9-11-25(12-10-24)14-19(26)23-20-17(21)3-2-4-18(20)22/h2-8H,9-14H2,1H3,(H,23,26)/p+2. The lowest BCUT2D eigenvalue weighted by Gasteiger charge is -2.29. The van der Waals surface area contributed by atoms with E-state index in [1.165, 1.54) is 10.5 Å². The third-order valence-electron chi connectivity index (χ3n) is 4.92. The first-order valence-electron chi connectivity index (χ1n) is 9.09. The Morgan fingerprint density at radius 2 is 1.59 bits per heavy atom. The van der Waals surface area contributed by atoms with Crippen LogP contribution >= 0.6 is 23.2 Å². The van der Waals surface area contributed by atoms with Crippen molar-refractivity contribution in [2.45, 2.75) is 6.54 Å². The fourth-order valence-corrected chi connectivity index (χ4v) is 3.86. The molecular weight excluding hydrogens is 385 g/mol. The second-order valence-corrected chi connectivity index (χ2v) is 7.66. The highest BCUT2D eigenvalue weighted by atomic mass is 35.5. The molecule has 0 aliphatic carbocycles. The molecule has 0 bridgehead atoms. The lowest BCUT2D eigenvalue weighted by Crippen LogP contribution is -3.28. The molecule has 0 spiro atoms. The Labute approximate surface area is 169 Å². The molecule has 0 atom stereocenters. The van der Waals surface area contributed by atoms with E-state index in [9.17, 15) is 4.79 Å². The van der Waals surface area contributed by atoms with E-state index in [1.807, 2.05) is 12.1 Å². The number of quaternary nitrogens is 2. The van der Waals surface area contributed by atoms with Gasteiger partial charge in [0, 0.05) is 5.56 Å². The fourth-order valence-electron chi connectivity index (χ4n) is 3.37. The predicted octanol–water partition coefficient (Wildman–Crippen LogP) is 0.924. The lowest BCUT2D eigenvalue weighted by atomic mass is 10.2. The Kier molecular flexibility index (Phi) is 6.96. The van der Waals surface area contributed by atoms with Crippen LogP contribution in [-0.2, 0) is 11.3 Å². The number of benzene rings is 2. The van der Waals surface area contributed by atoms with Crippen molar-refractivity contribution in [3.8, 4) is 5.75 Å². The molecule has 2 aromatic rings. The number of rotatable bonds is 6. The molecule has 7 heteroatoms. The second kappa shape index (κ2) is 9.42. The molecule has 3 rings (SSSR count). The number of anilines is 1. The largest absolute Gasteiger partial charge is 0.497 e. The molecule has 1 amide bonds. The van der Waals surface area contributed by atoms with Gasteiger partial charge in [0.05, 0.1) is 22.8 Å². The van der Waals surface area contributed by atoms with E-state index in [0.717, 1.165) is 38.5 Å². The van der Waals surface area contributed by atoms with Crippen LogP contribution in [0.2, 0.25) is 10.0 Å². The van der Waals surface area contributed by atoms with Crippen molar-refractivity contribution in [2.24, 2.45) is 0 Å². The molecular formula is C20H25Cl2N3O2+2. The van der Waals surface area contributed by atoms with E-state index >= 15 is 0 Å². The first-order valence-corrected chi connectivity index (χ1v) is 9.84. The van der Waals surface area contributed by atoms with Gasteiger partial charge in [-0.1, -0.05) is 29.3 Å². The molecule has 1 saturated heterocycles. The summed E-state index contributed by atoms with van der Waals surface area (Å²) in [6, 6.07) is 13.4. The van der Waals surface area contributed by atoms with Gasteiger partial charge in [-0.2, -0.15) is 0 Å². The van der Waals surface area contributed by atoms with Crippen molar-refractivity contribution in [3.63, 3.8) is 0 Å². The van der Waals surface area contributed by atoms with E-state index in [-0.39, 0.29) is 5.91 Å². The van der Waals surface area contributed by atoms with Crippen molar-refractivity contribution in [1.82, 2.24) is 0 Å². The Bertz CT molecular complexity index is 755. The van der Waals surface area contributed by atoms with Crippen LogP contribution in [0.15, 0.2) is 42.5 Å². The van der Waals surface area contributed by atoms with Crippen LogP contribution in [0, 0.1) is 0 Å². The van der Waals surface area contributed by atoms with Crippen LogP contribution in [0.3, 0.4) is 0 Å². The topological polar surface area (TPSA) is 47.2 Å². The van der Waals surface area contributed by atoms with Crippen molar-refractivity contribution < 1.29 is 19.3 Å². The monoisotopic (exact) mass is 409 g/mol. The van der Waals surface area contributed by atoms with E-state index < -0.39 is 0 Å². The summed E-state index contributed by atoms with van der Waals surface area (Å²) in [5.41, 5.74) is 1.80. The van der Waals surface area contributed by atoms with Crippen LogP contribution in [0.1, 0.15) is 5.56 Å². The summed E-state index contributed by atoms with van der Waals surface area (Å²) >= 11 is 12.2. The molecule has 0 unspecified atom stereocenters. The molecule has 1 fully saturated rings. The lowest BCUT2D eigenvalue weighted by molar-refractivity contribution is -1.02. The molecule has 0 radical (unpaired) electrons. The van der Waals surface area contributed by atoms with Gasteiger partial charge in [0.15, 0.2) is 6.54 Å². The minimum atomic E-state index is -0.0568. The summed E-state index contributed by atoms with van der Waals surface area (Å²) in [4.78, 5) is 15.2. The number of carbonyl (C=O) groups excluding carboxylic acids is 1. The zero-order valence-electron chi connectivity index (χ0n) is 15.4. The summed E-state index contributed by atoms with van der Waals surface area (Å²) in [6.45, 7) is 5.45. The molecule has 0 saturated carbocycles. The number of carbonyl (C=O) groups is 1. The number of para-hydroxylation sites is 1. The summed E-state index contributed by atoms with van der Waals surface area (Å²) in [5, 5.41) is 3.76. The van der Waals surface area contributed by atoms with Gasteiger partial charge in [0.25, 0.3) is 5.91 Å². The Balaban J connectivity index is 1.45. The number of nitrogens with one attached hydrogen (secondary N) is 3. The molecule has 0 aromatic heterocycles. The molecule has 1 aliphatic rings. The van der Waals surface area contributed by atoms with E-state index in [2.05, 4.69) is 17.4 Å². The van der Waals surface area contributed by atoms with E-state index in [0.29, 0.717) is 22.3 Å². The molecule has 144 valence electrons. The zero-order valence-corrected chi connectivity index (χ0v) is 16.9. The van der Waals surface area contributed by atoms with Gasteiger partial charge < -0.3 is 19.9 Å². The van der Waals surface area contributed by atoms with E-state index in [4.69, 9.17) is 27.9 Å². The van der Waals surface area contributed by atoms with Crippen LogP contribution in [0.25, 0.3) is 0 Å².